The minimum Gasteiger partial charge on any atom is -0.329 e. The molecule has 2 aromatic carbocycles. The van der Waals surface area contributed by atoms with Crippen LogP contribution in [0.4, 0.5) is 4.39 Å². The molecule has 1 amide bonds. The van der Waals surface area contributed by atoms with Gasteiger partial charge in [-0.1, -0.05) is 24.3 Å². The van der Waals surface area contributed by atoms with Crippen molar-refractivity contribution in [2.75, 3.05) is 25.9 Å². The van der Waals surface area contributed by atoms with Crippen LogP contribution in [0.1, 0.15) is 27.5 Å². The van der Waals surface area contributed by atoms with E-state index in [-0.39, 0.29) is 35.9 Å². The number of amides is 1. The Morgan fingerprint density at radius 3 is 2.56 bits per heavy atom. The third-order valence-electron chi connectivity index (χ3n) is 4.37. The molecule has 1 aliphatic heterocycles. The zero-order valence-corrected chi connectivity index (χ0v) is 16.5. The minimum absolute atomic E-state index is 0. The van der Waals surface area contributed by atoms with E-state index in [4.69, 9.17) is 0 Å². The van der Waals surface area contributed by atoms with Gasteiger partial charge in [-0.25, -0.2) is 12.8 Å². The van der Waals surface area contributed by atoms with Crippen LogP contribution < -0.4 is 5.32 Å². The number of piperazine rings is 1. The monoisotopic (exact) mass is 412 g/mol. The van der Waals surface area contributed by atoms with E-state index in [1.807, 2.05) is 6.07 Å². The second-order valence-corrected chi connectivity index (χ2v) is 8.68. The van der Waals surface area contributed by atoms with Crippen molar-refractivity contribution >= 4 is 28.2 Å². The van der Waals surface area contributed by atoms with Crippen molar-refractivity contribution in [2.45, 2.75) is 11.8 Å². The van der Waals surface area contributed by atoms with Crippen LogP contribution >= 0.6 is 12.4 Å². The molecule has 0 bridgehead atoms. The molecule has 3 rings (SSSR count). The largest absolute Gasteiger partial charge is 0.329 e. The average Bonchev–Trinajstić information content (AvgIpc) is 2.60. The molecule has 0 radical (unpaired) electrons. The minimum atomic E-state index is -3.12. The summed E-state index contributed by atoms with van der Waals surface area (Å²) in [5, 5.41) is 3.24. The van der Waals surface area contributed by atoms with E-state index >= 15 is 0 Å². The van der Waals surface area contributed by atoms with Gasteiger partial charge in [0, 0.05) is 31.5 Å². The van der Waals surface area contributed by atoms with Crippen LogP contribution in [0.3, 0.4) is 0 Å². The standard InChI is InChI=1S/C19H21FN2O3S.ClH/c1-26(24,25)13-14-5-7-15(8-6-14)19(23)22-10-9-21-12-18(22)16-3-2-4-17(20)11-16;/h2-8,11,18,21H,9-10,12-13H2,1H3;1H. The van der Waals surface area contributed by atoms with Crippen molar-refractivity contribution in [3.63, 3.8) is 0 Å². The molecule has 1 saturated heterocycles. The number of carbonyl (C=O) groups is 1. The number of nitrogens with one attached hydrogen (secondary N) is 1. The SMILES string of the molecule is CS(=O)(=O)Cc1ccc(C(=O)N2CCNCC2c2cccc(F)c2)cc1.Cl. The number of sulfone groups is 1. The van der Waals surface area contributed by atoms with Gasteiger partial charge in [-0.05, 0) is 35.4 Å². The van der Waals surface area contributed by atoms with Gasteiger partial charge >= 0.3 is 0 Å². The summed E-state index contributed by atoms with van der Waals surface area (Å²) in [7, 11) is -3.12. The Kier molecular flexibility index (Phi) is 6.97. The molecule has 146 valence electrons. The fourth-order valence-electron chi connectivity index (χ4n) is 3.17. The van der Waals surface area contributed by atoms with Gasteiger partial charge < -0.3 is 10.2 Å². The Hall–Kier alpha value is -1.96. The lowest BCUT2D eigenvalue weighted by atomic mass is 10.0. The van der Waals surface area contributed by atoms with E-state index in [1.165, 1.54) is 18.4 Å². The van der Waals surface area contributed by atoms with Crippen LogP contribution in [0.25, 0.3) is 0 Å². The molecule has 5 nitrogen and oxygen atoms in total. The third-order valence-corrected chi connectivity index (χ3v) is 5.23. The predicted molar refractivity (Wildman–Crippen MR) is 105 cm³/mol. The van der Waals surface area contributed by atoms with Gasteiger partial charge in [0.25, 0.3) is 5.91 Å². The van der Waals surface area contributed by atoms with Gasteiger partial charge in [-0.2, -0.15) is 0 Å². The molecule has 0 spiro atoms. The highest BCUT2D eigenvalue weighted by Crippen LogP contribution is 2.25. The van der Waals surface area contributed by atoms with E-state index in [2.05, 4.69) is 5.32 Å². The van der Waals surface area contributed by atoms with Gasteiger partial charge in [0.05, 0.1) is 11.8 Å². The number of halogens is 2. The molecule has 0 saturated carbocycles. The molecule has 0 aromatic heterocycles. The molecular formula is C19H22ClFN2O3S. The number of nitrogens with zero attached hydrogens (tertiary/aromatic N) is 1. The maximum absolute atomic E-state index is 13.6. The van der Waals surface area contributed by atoms with Crippen LogP contribution in [-0.2, 0) is 15.6 Å². The fourth-order valence-corrected chi connectivity index (χ4v) is 3.97. The Morgan fingerprint density at radius 1 is 1.22 bits per heavy atom. The second kappa shape index (κ2) is 8.82. The molecule has 27 heavy (non-hydrogen) atoms. The summed E-state index contributed by atoms with van der Waals surface area (Å²) in [6, 6.07) is 12.7. The highest BCUT2D eigenvalue weighted by atomic mass is 35.5. The maximum Gasteiger partial charge on any atom is 0.254 e. The molecule has 1 atom stereocenters. The molecule has 1 N–H and O–H groups in total. The van der Waals surface area contributed by atoms with Crippen LogP contribution in [0.2, 0.25) is 0 Å². The summed E-state index contributed by atoms with van der Waals surface area (Å²) in [6.07, 6.45) is 1.18. The zero-order chi connectivity index (χ0) is 18.7. The fraction of sp³-hybridized carbons (Fsp3) is 0.316. The highest BCUT2D eigenvalue weighted by molar-refractivity contribution is 7.89. The van der Waals surface area contributed by atoms with Crippen molar-refractivity contribution in [2.24, 2.45) is 0 Å². The lowest BCUT2D eigenvalue weighted by molar-refractivity contribution is 0.0634. The Labute approximate surface area is 164 Å². The quantitative estimate of drug-likeness (QED) is 0.838. The van der Waals surface area contributed by atoms with Gasteiger partial charge in [0.1, 0.15) is 5.82 Å². The summed E-state index contributed by atoms with van der Waals surface area (Å²) in [5.74, 6) is -0.529. The van der Waals surface area contributed by atoms with Crippen molar-refractivity contribution in [3.8, 4) is 0 Å². The number of hydrogen-bond acceptors (Lipinski definition) is 4. The first kappa shape index (κ1) is 21.3. The molecule has 0 aliphatic carbocycles. The van der Waals surface area contributed by atoms with Crippen molar-refractivity contribution in [3.05, 3.63) is 71.0 Å². The van der Waals surface area contributed by atoms with Crippen LogP contribution in [-0.4, -0.2) is 45.1 Å². The smallest absolute Gasteiger partial charge is 0.254 e. The molecular weight excluding hydrogens is 391 g/mol. The van der Waals surface area contributed by atoms with Gasteiger partial charge in [-0.15, -0.1) is 12.4 Å². The topological polar surface area (TPSA) is 66.5 Å². The first-order chi connectivity index (χ1) is 12.3. The summed E-state index contributed by atoms with van der Waals surface area (Å²) in [5.41, 5.74) is 1.89. The Bertz CT molecular complexity index is 903. The number of rotatable bonds is 4. The first-order valence-corrected chi connectivity index (χ1v) is 10.4. The van der Waals surface area contributed by atoms with Gasteiger partial charge in [0.15, 0.2) is 9.84 Å². The summed E-state index contributed by atoms with van der Waals surface area (Å²) in [6.45, 7) is 1.75. The lowest BCUT2D eigenvalue weighted by Crippen LogP contribution is -2.48. The Balaban J connectivity index is 0.00000261. The molecule has 8 heteroatoms. The maximum atomic E-state index is 13.6. The summed E-state index contributed by atoms with van der Waals surface area (Å²) in [4.78, 5) is 14.7. The van der Waals surface area contributed by atoms with E-state index in [1.54, 1.807) is 35.2 Å². The van der Waals surface area contributed by atoms with Crippen molar-refractivity contribution in [1.29, 1.82) is 0 Å². The zero-order valence-electron chi connectivity index (χ0n) is 14.9. The highest BCUT2D eigenvalue weighted by Gasteiger charge is 2.28. The number of hydrogen-bond donors (Lipinski definition) is 1. The molecule has 1 unspecified atom stereocenters. The first-order valence-electron chi connectivity index (χ1n) is 8.37. The normalized spacial score (nSPS) is 17.3. The van der Waals surface area contributed by atoms with E-state index in [0.717, 1.165) is 5.56 Å². The van der Waals surface area contributed by atoms with Crippen LogP contribution in [0.15, 0.2) is 48.5 Å². The van der Waals surface area contributed by atoms with Gasteiger partial charge in [-0.3, -0.25) is 4.79 Å². The average molecular weight is 413 g/mol. The molecule has 1 aliphatic rings. The van der Waals surface area contributed by atoms with Crippen molar-refractivity contribution < 1.29 is 17.6 Å². The third kappa shape index (κ3) is 5.51. The predicted octanol–water partition coefficient (Wildman–Crippen LogP) is 2.58. The Morgan fingerprint density at radius 2 is 1.93 bits per heavy atom. The summed E-state index contributed by atoms with van der Waals surface area (Å²) < 4.78 is 36.3. The lowest BCUT2D eigenvalue weighted by Gasteiger charge is -2.36. The molecule has 1 heterocycles. The second-order valence-electron chi connectivity index (χ2n) is 6.54. The van der Waals surface area contributed by atoms with E-state index in [0.29, 0.717) is 30.8 Å². The molecule has 1 fully saturated rings. The van der Waals surface area contributed by atoms with E-state index < -0.39 is 9.84 Å². The number of benzene rings is 2. The van der Waals surface area contributed by atoms with Crippen molar-refractivity contribution in [1.82, 2.24) is 10.2 Å². The molecule has 2 aromatic rings. The van der Waals surface area contributed by atoms with Crippen LogP contribution in [0.5, 0.6) is 0 Å². The summed E-state index contributed by atoms with van der Waals surface area (Å²) >= 11 is 0. The van der Waals surface area contributed by atoms with Crippen LogP contribution in [0, 0.1) is 5.82 Å². The van der Waals surface area contributed by atoms with Gasteiger partial charge in [0.2, 0.25) is 0 Å². The number of carbonyl (C=O) groups excluding carboxylic acids is 1. The van der Waals surface area contributed by atoms with E-state index in [9.17, 15) is 17.6 Å².